The smallest absolute Gasteiger partial charge is 0.226 e. The monoisotopic (exact) mass is 345 g/mol. The van der Waals surface area contributed by atoms with E-state index in [1.807, 2.05) is 23.1 Å². The van der Waals surface area contributed by atoms with E-state index in [1.54, 1.807) is 17.8 Å². The van der Waals surface area contributed by atoms with Crippen LogP contribution in [0.3, 0.4) is 0 Å². The van der Waals surface area contributed by atoms with E-state index in [0.29, 0.717) is 18.2 Å². The van der Waals surface area contributed by atoms with Crippen molar-refractivity contribution >= 4 is 34.1 Å². The number of thiazole rings is 1. The third kappa shape index (κ3) is 4.29. The highest BCUT2D eigenvalue weighted by Crippen LogP contribution is 2.14. The quantitative estimate of drug-likeness (QED) is 0.891. The van der Waals surface area contributed by atoms with Gasteiger partial charge in [0, 0.05) is 56.8 Å². The predicted octanol–water partition coefficient (Wildman–Crippen LogP) is 1.61. The van der Waals surface area contributed by atoms with Crippen LogP contribution in [0.1, 0.15) is 12.8 Å². The molecular formula is C16H19N5O2S. The fraction of sp³-hybridized carbons (Fsp3) is 0.375. The zero-order chi connectivity index (χ0) is 16.8. The second-order valence-corrected chi connectivity index (χ2v) is 6.34. The first kappa shape index (κ1) is 16.4. The van der Waals surface area contributed by atoms with Crippen LogP contribution in [0.2, 0.25) is 0 Å². The molecule has 24 heavy (non-hydrogen) atoms. The Hall–Kier alpha value is -2.48. The number of nitrogens with zero attached hydrogens (tertiary/aromatic N) is 4. The number of nitrogens with one attached hydrogen (secondary N) is 1. The van der Waals surface area contributed by atoms with Crippen LogP contribution in [0.4, 0.5) is 10.9 Å². The highest BCUT2D eigenvalue weighted by Gasteiger charge is 2.22. The zero-order valence-corrected chi connectivity index (χ0v) is 14.0. The normalized spacial score (nSPS) is 14.5. The topological polar surface area (TPSA) is 78.4 Å². The second-order valence-electron chi connectivity index (χ2n) is 5.44. The van der Waals surface area contributed by atoms with Gasteiger partial charge in [0.15, 0.2) is 5.13 Å². The summed E-state index contributed by atoms with van der Waals surface area (Å²) in [7, 11) is 0. The lowest BCUT2D eigenvalue weighted by molar-refractivity contribution is -0.133. The molecule has 126 valence electrons. The summed E-state index contributed by atoms with van der Waals surface area (Å²) in [5, 5.41) is 5.05. The lowest BCUT2D eigenvalue weighted by atomic mass is 10.2. The summed E-state index contributed by atoms with van der Waals surface area (Å²) >= 11 is 1.36. The molecule has 0 spiro atoms. The molecule has 0 radical (unpaired) electrons. The third-order valence-corrected chi connectivity index (χ3v) is 4.54. The lowest BCUT2D eigenvalue weighted by Crippen LogP contribution is -2.49. The van der Waals surface area contributed by atoms with E-state index in [2.05, 4.69) is 20.2 Å². The summed E-state index contributed by atoms with van der Waals surface area (Å²) < 4.78 is 0. The molecular weight excluding hydrogens is 326 g/mol. The molecule has 0 aliphatic carbocycles. The largest absolute Gasteiger partial charge is 0.353 e. The van der Waals surface area contributed by atoms with Crippen molar-refractivity contribution in [1.29, 1.82) is 0 Å². The van der Waals surface area contributed by atoms with Gasteiger partial charge >= 0.3 is 0 Å². The first-order valence-electron chi connectivity index (χ1n) is 7.85. The van der Waals surface area contributed by atoms with Gasteiger partial charge in [-0.1, -0.05) is 6.07 Å². The van der Waals surface area contributed by atoms with Crippen LogP contribution in [0, 0.1) is 0 Å². The molecule has 0 bridgehead atoms. The van der Waals surface area contributed by atoms with E-state index in [0.717, 1.165) is 18.9 Å². The summed E-state index contributed by atoms with van der Waals surface area (Å²) in [5.41, 5.74) is 0. The molecule has 2 aromatic heterocycles. The molecule has 2 amide bonds. The van der Waals surface area contributed by atoms with Crippen LogP contribution in [0.15, 0.2) is 36.0 Å². The van der Waals surface area contributed by atoms with E-state index in [4.69, 9.17) is 0 Å². The minimum absolute atomic E-state index is 0.0185. The van der Waals surface area contributed by atoms with Crippen molar-refractivity contribution in [1.82, 2.24) is 14.9 Å². The van der Waals surface area contributed by atoms with Crippen LogP contribution in [-0.2, 0) is 9.59 Å². The van der Waals surface area contributed by atoms with Crippen LogP contribution in [-0.4, -0.2) is 52.9 Å². The summed E-state index contributed by atoms with van der Waals surface area (Å²) in [5.74, 6) is 0.780. The van der Waals surface area contributed by atoms with Gasteiger partial charge in [-0.05, 0) is 12.1 Å². The minimum atomic E-state index is -0.176. The first-order chi connectivity index (χ1) is 11.7. The Morgan fingerprint density at radius 3 is 2.58 bits per heavy atom. The van der Waals surface area contributed by atoms with E-state index < -0.39 is 0 Å². The van der Waals surface area contributed by atoms with Crippen molar-refractivity contribution in [2.75, 3.05) is 36.4 Å². The number of anilines is 2. The molecule has 0 saturated carbocycles. The number of aromatic nitrogens is 2. The average molecular weight is 345 g/mol. The summed E-state index contributed by atoms with van der Waals surface area (Å²) in [6.07, 6.45) is 3.81. The van der Waals surface area contributed by atoms with Gasteiger partial charge in [0.25, 0.3) is 0 Å². The molecule has 1 N–H and O–H groups in total. The van der Waals surface area contributed by atoms with Gasteiger partial charge in [-0.25, -0.2) is 9.97 Å². The van der Waals surface area contributed by atoms with Crippen LogP contribution in [0.25, 0.3) is 0 Å². The molecule has 8 heteroatoms. The van der Waals surface area contributed by atoms with Crippen molar-refractivity contribution in [2.24, 2.45) is 0 Å². The van der Waals surface area contributed by atoms with Gasteiger partial charge in [0.05, 0.1) is 0 Å². The Balaban J connectivity index is 1.41. The van der Waals surface area contributed by atoms with Crippen molar-refractivity contribution in [3.05, 3.63) is 36.0 Å². The Labute approximate surface area is 144 Å². The van der Waals surface area contributed by atoms with Gasteiger partial charge < -0.3 is 15.1 Å². The van der Waals surface area contributed by atoms with Crippen LogP contribution >= 0.6 is 11.3 Å². The molecule has 1 saturated heterocycles. The SMILES string of the molecule is O=C(CCC(=O)N1CCN(c2ccccn2)CC1)Nc1nccs1. The van der Waals surface area contributed by atoms with Gasteiger partial charge in [0.2, 0.25) is 11.8 Å². The van der Waals surface area contributed by atoms with Gasteiger partial charge in [-0.15, -0.1) is 11.3 Å². The lowest BCUT2D eigenvalue weighted by Gasteiger charge is -2.35. The summed E-state index contributed by atoms with van der Waals surface area (Å²) in [4.78, 5) is 36.4. The molecule has 7 nitrogen and oxygen atoms in total. The van der Waals surface area contributed by atoms with Crippen molar-refractivity contribution in [3.8, 4) is 0 Å². The second kappa shape index (κ2) is 7.87. The maximum atomic E-state index is 12.2. The van der Waals surface area contributed by atoms with Crippen molar-refractivity contribution in [3.63, 3.8) is 0 Å². The highest BCUT2D eigenvalue weighted by atomic mass is 32.1. The fourth-order valence-corrected chi connectivity index (χ4v) is 3.12. The number of hydrogen-bond donors (Lipinski definition) is 1. The van der Waals surface area contributed by atoms with E-state index >= 15 is 0 Å². The number of rotatable bonds is 5. The number of carbonyl (C=O) groups excluding carboxylic acids is 2. The Morgan fingerprint density at radius 1 is 1.08 bits per heavy atom. The number of piperazine rings is 1. The van der Waals surface area contributed by atoms with Gasteiger partial charge in [-0.2, -0.15) is 0 Å². The maximum Gasteiger partial charge on any atom is 0.226 e. The molecule has 3 heterocycles. The molecule has 0 unspecified atom stereocenters. The molecule has 1 aliphatic heterocycles. The molecule has 3 rings (SSSR count). The Morgan fingerprint density at radius 2 is 1.92 bits per heavy atom. The Kier molecular flexibility index (Phi) is 5.37. The summed E-state index contributed by atoms with van der Waals surface area (Å²) in [6.45, 7) is 2.83. The number of carbonyl (C=O) groups is 2. The van der Waals surface area contributed by atoms with E-state index in [9.17, 15) is 9.59 Å². The maximum absolute atomic E-state index is 12.2. The number of hydrogen-bond acceptors (Lipinski definition) is 6. The van der Waals surface area contributed by atoms with E-state index in [1.165, 1.54) is 11.3 Å². The third-order valence-electron chi connectivity index (χ3n) is 3.85. The number of amides is 2. The summed E-state index contributed by atoms with van der Waals surface area (Å²) in [6, 6.07) is 5.82. The Bertz CT molecular complexity index is 669. The zero-order valence-electron chi connectivity index (χ0n) is 13.2. The standard InChI is InChI=1S/C16H19N5O2S/c22-14(19-16-18-7-12-24-16)4-5-15(23)21-10-8-20(9-11-21)13-3-1-2-6-17-13/h1-3,6-7,12H,4-5,8-11H2,(H,18,19,22). The van der Waals surface area contributed by atoms with Crippen LogP contribution in [0.5, 0.6) is 0 Å². The molecule has 0 atom stereocenters. The van der Waals surface area contributed by atoms with Crippen molar-refractivity contribution in [2.45, 2.75) is 12.8 Å². The molecule has 1 aliphatic rings. The fourth-order valence-electron chi connectivity index (χ4n) is 2.57. The predicted molar refractivity (Wildman–Crippen MR) is 93.0 cm³/mol. The number of pyridine rings is 1. The first-order valence-corrected chi connectivity index (χ1v) is 8.73. The van der Waals surface area contributed by atoms with Crippen LogP contribution < -0.4 is 10.2 Å². The highest BCUT2D eigenvalue weighted by molar-refractivity contribution is 7.13. The molecule has 0 aromatic carbocycles. The average Bonchev–Trinajstić information content (AvgIpc) is 3.13. The van der Waals surface area contributed by atoms with E-state index in [-0.39, 0.29) is 24.7 Å². The van der Waals surface area contributed by atoms with Gasteiger partial charge in [-0.3, -0.25) is 9.59 Å². The molecule has 1 fully saturated rings. The van der Waals surface area contributed by atoms with Gasteiger partial charge in [0.1, 0.15) is 5.82 Å². The minimum Gasteiger partial charge on any atom is -0.353 e. The van der Waals surface area contributed by atoms with Crippen molar-refractivity contribution < 1.29 is 9.59 Å². The molecule has 2 aromatic rings.